The van der Waals surface area contributed by atoms with Crippen LogP contribution in [0.2, 0.25) is 0 Å². The number of aliphatic hydroxyl groups is 1. The molecule has 2 aromatic heterocycles. The first-order chi connectivity index (χ1) is 10.6. The fourth-order valence-electron chi connectivity index (χ4n) is 2.68. The van der Waals surface area contributed by atoms with Crippen molar-refractivity contribution in [3.05, 3.63) is 53.9 Å². The van der Waals surface area contributed by atoms with E-state index in [9.17, 15) is 5.11 Å². The average molecular weight is 296 g/mol. The molecule has 1 N–H and O–H groups in total. The van der Waals surface area contributed by atoms with E-state index in [1.54, 1.807) is 7.11 Å². The Bertz CT molecular complexity index is 806. The number of pyridine rings is 1. The molecule has 3 rings (SSSR count). The van der Waals surface area contributed by atoms with E-state index < -0.39 is 0 Å². The third-order valence-electron chi connectivity index (χ3n) is 3.88. The predicted molar refractivity (Wildman–Crippen MR) is 87.2 cm³/mol. The number of fused-ring (bicyclic) bond motifs is 1. The molecule has 0 unspecified atom stereocenters. The average Bonchev–Trinajstić information content (AvgIpc) is 2.98. The maximum atomic E-state index is 9.43. The monoisotopic (exact) mass is 296 g/mol. The van der Waals surface area contributed by atoms with Crippen LogP contribution in [0.5, 0.6) is 5.75 Å². The van der Waals surface area contributed by atoms with Gasteiger partial charge in [-0.25, -0.2) is 4.98 Å². The summed E-state index contributed by atoms with van der Waals surface area (Å²) in [7, 11) is 1.69. The molecule has 4 heteroatoms. The van der Waals surface area contributed by atoms with Gasteiger partial charge in [-0.2, -0.15) is 0 Å². The number of hydrogen-bond donors (Lipinski definition) is 1. The number of imidazole rings is 1. The quantitative estimate of drug-likeness (QED) is 0.799. The number of aliphatic hydroxyl groups excluding tert-OH is 1. The summed E-state index contributed by atoms with van der Waals surface area (Å²) in [5.41, 5.74) is 4.73. The Kier molecular flexibility index (Phi) is 3.86. The Hall–Kier alpha value is -2.33. The van der Waals surface area contributed by atoms with Gasteiger partial charge >= 0.3 is 0 Å². The number of rotatable bonds is 4. The molecule has 0 bridgehead atoms. The Morgan fingerprint density at radius 1 is 1.27 bits per heavy atom. The van der Waals surface area contributed by atoms with Crippen LogP contribution in [-0.2, 0) is 6.61 Å². The second-order valence-corrected chi connectivity index (χ2v) is 5.66. The molecule has 3 aromatic rings. The maximum absolute atomic E-state index is 9.43. The van der Waals surface area contributed by atoms with E-state index >= 15 is 0 Å². The van der Waals surface area contributed by atoms with Crippen LogP contribution in [-0.4, -0.2) is 21.6 Å². The molecule has 4 nitrogen and oxygen atoms in total. The molecule has 0 saturated heterocycles. The molecule has 1 aromatic carbocycles. The summed E-state index contributed by atoms with van der Waals surface area (Å²) < 4.78 is 7.38. The highest BCUT2D eigenvalue weighted by molar-refractivity contribution is 5.66. The van der Waals surface area contributed by atoms with Crippen LogP contribution in [0, 0.1) is 0 Å². The van der Waals surface area contributed by atoms with E-state index in [0.717, 1.165) is 28.2 Å². The molecule has 0 radical (unpaired) electrons. The van der Waals surface area contributed by atoms with Crippen LogP contribution in [0.25, 0.3) is 16.9 Å². The van der Waals surface area contributed by atoms with E-state index in [1.807, 2.05) is 41.1 Å². The molecule has 114 valence electrons. The van der Waals surface area contributed by atoms with Crippen molar-refractivity contribution in [3.63, 3.8) is 0 Å². The van der Waals surface area contributed by atoms with Crippen molar-refractivity contribution < 1.29 is 9.84 Å². The highest BCUT2D eigenvalue weighted by Crippen LogP contribution is 2.31. The van der Waals surface area contributed by atoms with Gasteiger partial charge in [-0.05, 0) is 35.7 Å². The molecule has 0 spiro atoms. The molecule has 0 amide bonds. The molecule has 22 heavy (non-hydrogen) atoms. The molecule has 0 aliphatic heterocycles. The van der Waals surface area contributed by atoms with Crippen molar-refractivity contribution in [1.29, 1.82) is 0 Å². The summed E-state index contributed by atoms with van der Waals surface area (Å²) in [6.45, 7) is 4.28. The minimum absolute atomic E-state index is 0.0132. The normalized spacial score (nSPS) is 11.3. The molecule has 0 aliphatic carbocycles. The highest BCUT2D eigenvalue weighted by Gasteiger charge is 2.12. The highest BCUT2D eigenvalue weighted by atomic mass is 16.5. The Labute approximate surface area is 130 Å². The first-order valence-corrected chi connectivity index (χ1v) is 7.39. The lowest BCUT2D eigenvalue weighted by Gasteiger charge is -2.12. The van der Waals surface area contributed by atoms with Gasteiger partial charge in [0.15, 0.2) is 0 Å². The second-order valence-electron chi connectivity index (χ2n) is 5.66. The second kappa shape index (κ2) is 5.81. The first-order valence-electron chi connectivity index (χ1n) is 7.39. The topological polar surface area (TPSA) is 46.8 Å². The lowest BCUT2D eigenvalue weighted by atomic mass is 9.98. The summed E-state index contributed by atoms with van der Waals surface area (Å²) in [4.78, 5) is 4.67. The minimum atomic E-state index is -0.0132. The third kappa shape index (κ3) is 2.46. The van der Waals surface area contributed by atoms with Gasteiger partial charge in [-0.1, -0.05) is 19.9 Å². The predicted octanol–water partition coefficient (Wildman–Crippen LogP) is 3.63. The van der Waals surface area contributed by atoms with Crippen LogP contribution in [0.4, 0.5) is 0 Å². The number of ether oxygens (including phenoxy) is 1. The molecular formula is C18H20N2O2. The molecule has 2 heterocycles. The van der Waals surface area contributed by atoms with Crippen molar-refractivity contribution >= 4 is 5.65 Å². The van der Waals surface area contributed by atoms with E-state index in [2.05, 4.69) is 24.9 Å². The first kappa shape index (κ1) is 14.6. The van der Waals surface area contributed by atoms with Crippen molar-refractivity contribution in [2.24, 2.45) is 0 Å². The zero-order chi connectivity index (χ0) is 15.7. The summed E-state index contributed by atoms with van der Waals surface area (Å²) >= 11 is 0. The van der Waals surface area contributed by atoms with Crippen LogP contribution < -0.4 is 4.74 Å². The summed E-state index contributed by atoms with van der Waals surface area (Å²) in [5.74, 6) is 1.28. The fraction of sp³-hybridized carbons (Fsp3) is 0.278. The molecule has 0 fully saturated rings. The summed E-state index contributed by atoms with van der Waals surface area (Å²) in [6, 6.07) is 9.94. The maximum Gasteiger partial charge on any atom is 0.142 e. The molecular weight excluding hydrogens is 276 g/mol. The Balaban J connectivity index is 2.13. The van der Waals surface area contributed by atoms with Crippen molar-refractivity contribution in [2.75, 3.05) is 7.11 Å². The molecule has 0 atom stereocenters. The van der Waals surface area contributed by atoms with Gasteiger partial charge in [-0.3, -0.25) is 0 Å². The van der Waals surface area contributed by atoms with Crippen molar-refractivity contribution in [3.8, 4) is 17.0 Å². The number of nitrogens with zero attached hydrogens (tertiary/aromatic N) is 2. The van der Waals surface area contributed by atoms with Crippen molar-refractivity contribution in [2.45, 2.75) is 26.4 Å². The number of aromatic nitrogens is 2. The van der Waals surface area contributed by atoms with E-state index in [-0.39, 0.29) is 6.61 Å². The van der Waals surface area contributed by atoms with E-state index in [4.69, 9.17) is 4.74 Å². The van der Waals surface area contributed by atoms with Crippen LogP contribution >= 0.6 is 0 Å². The van der Waals surface area contributed by atoms with E-state index in [1.165, 1.54) is 5.56 Å². The zero-order valence-electron chi connectivity index (χ0n) is 13.1. The van der Waals surface area contributed by atoms with Gasteiger partial charge in [0, 0.05) is 23.5 Å². The SMILES string of the molecule is COc1ccc(-c2cn3cccc(CO)c3n2)cc1C(C)C. The van der Waals surface area contributed by atoms with Gasteiger partial charge < -0.3 is 14.2 Å². The van der Waals surface area contributed by atoms with Gasteiger partial charge in [0.2, 0.25) is 0 Å². The number of methoxy groups -OCH3 is 1. The smallest absolute Gasteiger partial charge is 0.142 e. The number of hydrogen-bond acceptors (Lipinski definition) is 3. The van der Waals surface area contributed by atoms with Crippen LogP contribution in [0.15, 0.2) is 42.7 Å². The summed E-state index contributed by atoms with van der Waals surface area (Å²) in [6.07, 6.45) is 3.93. The Morgan fingerprint density at radius 2 is 2.09 bits per heavy atom. The molecule has 0 saturated carbocycles. The largest absolute Gasteiger partial charge is 0.496 e. The zero-order valence-corrected chi connectivity index (χ0v) is 13.1. The molecule has 0 aliphatic rings. The Morgan fingerprint density at radius 3 is 2.77 bits per heavy atom. The third-order valence-corrected chi connectivity index (χ3v) is 3.88. The van der Waals surface area contributed by atoms with Gasteiger partial charge in [-0.15, -0.1) is 0 Å². The minimum Gasteiger partial charge on any atom is -0.496 e. The van der Waals surface area contributed by atoms with Crippen LogP contribution in [0.3, 0.4) is 0 Å². The van der Waals surface area contributed by atoms with Gasteiger partial charge in [0.25, 0.3) is 0 Å². The van der Waals surface area contributed by atoms with Gasteiger partial charge in [0.05, 0.1) is 19.4 Å². The number of benzene rings is 1. The summed E-state index contributed by atoms with van der Waals surface area (Å²) in [5, 5.41) is 9.43. The lowest BCUT2D eigenvalue weighted by molar-refractivity contribution is 0.282. The standard InChI is InChI=1S/C18H20N2O2/c1-12(2)15-9-13(6-7-17(15)22-3)16-10-20-8-4-5-14(11-21)18(20)19-16/h4-10,12,21H,11H2,1-3H3. The van der Waals surface area contributed by atoms with Crippen molar-refractivity contribution in [1.82, 2.24) is 9.38 Å². The fourth-order valence-corrected chi connectivity index (χ4v) is 2.68. The lowest BCUT2D eigenvalue weighted by Crippen LogP contribution is -1.95. The van der Waals surface area contributed by atoms with Gasteiger partial charge in [0.1, 0.15) is 11.4 Å². The van der Waals surface area contributed by atoms with E-state index in [0.29, 0.717) is 5.92 Å². The van der Waals surface area contributed by atoms with Crippen LogP contribution in [0.1, 0.15) is 30.9 Å².